The number of pyridine rings is 3. The number of rotatable bonds is 9. The monoisotopic (exact) mass is 590 g/mol. The number of hydrogen-bond acceptors (Lipinski definition) is 7. The van der Waals surface area contributed by atoms with Crippen molar-refractivity contribution in [3.05, 3.63) is 113 Å². The Hall–Kier alpha value is -5.28. The lowest BCUT2D eigenvalue weighted by Gasteiger charge is -2.18. The second kappa shape index (κ2) is 11.8. The van der Waals surface area contributed by atoms with Gasteiger partial charge in [0.2, 0.25) is 5.43 Å². The molecule has 8 nitrogen and oxygen atoms in total. The zero-order valence-corrected chi connectivity index (χ0v) is 24.5. The Labute approximate surface area is 253 Å². The molecule has 0 atom stereocenters. The Morgan fingerprint density at radius 1 is 0.955 bits per heavy atom. The lowest BCUT2D eigenvalue weighted by atomic mass is 10.0. The van der Waals surface area contributed by atoms with Crippen LogP contribution in [-0.2, 0) is 6.42 Å². The van der Waals surface area contributed by atoms with Gasteiger partial charge in [-0.2, -0.15) is 0 Å². The van der Waals surface area contributed by atoms with Crippen molar-refractivity contribution in [2.45, 2.75) is 32.8 Å². The van der Waals surface area contributed by atoms with Gasteiger partial charge in [-0.05, 0) is 67.8 Å². The molecule has 222 valence electrons. The standard InChI is InChI=1S/C35H31FN4O4/c1-4-21-5-7-22(8-6-21)26-19-39-28-13-15-38-34(32(28)33(26)41)40-23-9-12-31(27(36)17-23)44-30-14-16-37-29-18-24(10-11-25(29)30)43-20-35(2,3)42/h5-19,42H,4,20H2,1-3H3,(H,38,40)(H,39,41). The Kier molecular flexibility index (Phi) is 7.71. The highest BCUT2D eigenvalue weighted by Gasteiger charge is 2.16. The number of aromatic amines is 1. The number of anilines is 2. The van der Waals surface area contributed by atoms with Crippen LogP contribution in [0, 0.1) is 5.82 Å². The maximum atomic E-state index is 15.3. The van der Waals surface area contributed by atoms with E-state index in [1.54, 1.807) is 68.8 Å². The molecule has 3 heterocycles. The lowest BCUT2D eigenvalue weighted by Crippen LogP contribution is -2.27. The third-order valence-corrected chi connectivity index (χ3v) is 7.15. The summed E-state index contributed by atoms with van der Waals surface area (Å²) in [5.41, 5.74) is 2.96. The Balaban J connectivity index is 1.26. The van der Waals surface area contributed by atoms with Gasteiger partial charge in [-0.1, -0.05) is 31.2 Å². The van der Waals surface area contributed by atoms with E-state index in [0.29, 0.717) is 50.4 Å². The van der Waals surface area contributed by atoms with Crippen LogP contribution in [0.5, 0.6) is 17.2 Å². The van der Waals surface area contributed by atoms with Crippen LogP contribution in [0.4, 0.5) is 15.9 Å². The molecule has 0 amide bonds. The molecule has 3 N–H and O–H groups in total. The molecule has 0 spiro atoms. The minimum Gasteiger partial charge on any atom is -0.491 e. The smallest absolute Gasteiger partial charge is 0.200 e. The largest absolute Gasteiger partial charge is 0.491 e. The van der Waals surface area contributed by atoms with E-state index in [4.69, 9.17) is 9.47 Å². The number of aliphatic hydroxyl groups is 1. The molecular weight excluding hydrogens is 559 g/mol. The van der Waals surface area contributed by atoms with E-state index in [1.807, 2.05) is 24.3 Å². The zero-order chi connectivity index (χ0) is 30.8. The average molecular weight is 591 g/mol. The van der Waals surface area contributed by atoms with E-state index in [1.165, 1.54) is 17.7 Å². The Morgan fingerprint density at radius 2 is 1.75 bits per heavy atom. The highest BCUT2D eigenvalue weighted by Crippen LogP contribution is 2.34. The maximum absolute atomic E-state index is 15.3. The number of nitrogens with zero attached hydrogens (tertiary/aromatic N) is 2. The first-order valence-corrected chi connectivity index (χ1v) is 14.3. The number of ether oxygens (including phenoxy) is 2. The number of halogens is 1. The minimum atomic E-state index is -0.977. The normalized spacial score (nSPS) is 11.6. The number of benzene rings is 3. The van der Waals surface area contributed by atoms with Crippen LogP contribution < -0.4 is 20.2 Å². The molecule has 0 bridgehead atoms. The molecule has 0 aliphatic carbocycles. The van der Waals surface area contributed by atoms with Crippen molar-refractivity contribution in [2.75, 3.05) is 11.9 Å². The molecule has 0 saturated heterocycles. The second-order valence-electron chi connectivity index (χ2n) is 11.1. The summed E-state index contributed by atoms with van der Waals surface area (Å²) in [5, 5.41) is 14.1. The fraction of sp³-hybridized carbons (Fsp3) is 0.171. The average Bonchev–Trinajstić information content (AvgIpc) is 3.01. The quantitative estimate of drug-likeness (QED) is 0.160. The molecule has 9 heteroatoms. The Bertz CT molecular complexity index is 2040. The van der Waals surface area contributed by atoms with Crippen molar-refractivity contribution < 1.29 is 19.0 Å². The van der Waals surface area contributed by atoms with Crippen molar-refractivity contribution in [2.24, 2.45) is 0 Å². The highest BCUT2D eigenvalue weighted by molar-refractivity contribution is 5.93. The van der Waals surface area contributed by atoms with Crippen molar-refractivity contribution in [1.29, 1.82) is 0 Å². The summed E-state index contributed by atoms with van der Waals surface area (Å²) in [5.74, 6) is 0.702. The SMILES string of the molecule is CCc1ccc(-c2c[nH]c3ccnc(Nc4ccc(Oc5ccnc6cc(OCC(C)(C)O)ccc56)c(F)c4)c3c2=O)cc1. The zero-order valence-electron chi connectivity index (χ0n) is 24.5. The molecule has 0 radical (unpaired) electrons. The molecule has 44 heavy (non-hydrogen) atoms. The van der Waals surface area contributed by atoms with Gasteiger partial charge >= 0.3 is 0 Å². The molecule has 0 unspecified atom stereocenters. The summed E-state index contributed by atoms with van der Waals surface area (Å²) in [6.07, 6.45) is 5.77. The van der Waals surface area contributed by atoms with E-state index in [9.17, 15) is 9.90 Å². The van der Waals surface area contributed by atoms with Gasteiger partial charge in [-0.25, -0.2) is 9.37 Å². The second-order valence-corrected chi connectivity index (χ2v) is 11.1. The third-order valence-electron chi connectivity index (χ3n) is 7.15. The van der Waals surface area contributed by atoms with Crippen molar-refractivity contribution in [3.63, 3.8) is 0 Å². The number of aryl methyl sites for hydroxylation is 1. The van der Waals surface area contributed by atoms with Gasteiger partial charge in [0.1, 0.15) is 23.9 Å². The fourth-order valence-electron chi connectivity index (χ4n) is 4.85. The lowest BCUT2D eigenvalue weighted by molar-refractivity contribution is 0.0285. The van der Waals surface area contributed by atoms with E-state index in [-0.39, 0.29) is 17.8 Å². The topological polar surface area (TPSA) is 109 Å². The summed E-state index contributed by atoms with van der Waals surface area (Å²) in [6.45, 7) is 5.53. The maximum Gasteiger partial charge on any atom is 0.200 e. The molecule has 0 aliphatic heterocycles. The van der Waals surface area contributed by atoms with Crippen LogP contribution in [0.15, 0.2) is 96.2 Å². The van der Waals surface area contributed by atoms with Crippen molar-refractivity contribution in [1.82, 2.24) is 15.0 Å². The molecule has 6 rings (SSSR count). The highest BCUT2D eigenvalue weighted by atomic mass is 19.1. The van der Waals surface area contributed by atoms with Gasteiger partial charge in [-0.3, -0.25) is 9.78 Å². The summed E-state index contributed by atoms with van der Waals surface area (Å²) in [7, 11) is 0. The predicted molar refractivity (Wildman–Crippen MR) is 170 cm³/mol. The van der Waals surface area contributed by atoms with Crippen molar-refractivity contribution >= 4 is 33.3 Å². The summed E-state index contributed by atoms with van der Waals surface area (Å²) in [4.78, 5) is 25.6. The van der Waals surface area contributed by atoms with Crippen LogP contribution in [0.3, 0.4) is 0 Å². The van der Waals surface area contributed by atoms with Crippen LogP contribution in [-0.4, -0.2) is 32.3 Å². The summed E-state index contributed by atoms with van der Waals surface area (Å²) in [6, 6.07) is 21.0. The number of hydrogen-bond donors (Lipinski definition) is 3. The predicted octanol–water partition coefficient (Wildman–Crippen LogP) is 7.53. The van der Waals surface area contributed by atoms with Gasteiger partial charge in [0.25, 0.3) is 0 Å². The molecular formula is C35H31FN4O4. The van der Waals surface area contributed by atoms with Crippen LogP contribution >= 0.6 is 0 Å². The van der Waals surface area contributed by atoms with E-state index in [0.717, 1.165) is 12.0 Å². The first-order chi connectivity index (χ1) is 21.2. The van der Waals surface area contributed by atoms with Crippen molar-refractivity contribution in [3.8, 4) is 28.4 Å². The van der Waals surface area contributed by atoms with Crippen LogP contribution in [0.1, 0.15) is 26.3 Å². The number of nitrogens with one attached hydrogen (secondary N) is 2. The van der Waals surface area contributed by atoms with E-state index < -0.39 is 11.4 Å². The minimum absolute atomic E-state index is 0.0203. The number of aromatic nitrogens is 3. The van der Waals surface area contributed by atoms with Gasteiger partial charge in [0.15, 0.2) is 11.6 Å². The first kappa shape index (κ1) is 28.8. The molecule has 0 fully saturated rings. The number of H-pyrrole nitrogens is 1. The van der Waals surface area contributed by atoms with Crippen LogP contribution in [0.25, 0.3) is 32.9 Å². The fourth-order valence-corrected chi connectivity index (χ4v) is 4.85. The molecule has 0 aliphatic rings. The number of fused-ring (bicyclic) bond motifs is 2. The molecule has 0 saturated carbocycles. The van der Waals surface area contributed by atoms with Crippen LogP contribution in [0.2, 0.25) is 0 Å². The summed E-state index contributed by atoms with van der Waals surface area (Å²) < 4.78 is 27.0. The van der Waals surface area contributed by atoms with Gasteiger partial charge in [0.05, 0.1) is 22.0 Å². The molecule has 6 aromatic rings. The first-order valence-electron chi connectivity index (χ1n) is 14.3. The van der Waals surface area contributed by atoms with Gasteiger partial charge < -0.3 is 24.9 Å². The third kappa shape index (κ3) is 6.09. The van der Waals surface area contributed by atoms with E-state index in [2.05, 4.69) is 27.2 Å². The molecule has 3 aromatic heterocycles. The van der Waals surface area contributed by atoms with Gasteiger partial charge in [-0.15, -0.1) is 0 Å². The summed E-state index contributed by atoms with van der Waals surface area (Å²) >= 11 is 0. The Morgan fingerprint density at radius 3 is 2.50 bits per heavy atom. The van der Waals surface area contributed by atoms with E-state index >= 15 is 4.39 Å². The molecule has 3 aromatic carbocycles. The van der Waals surface area contributed by atoms with Gasteiger partial charge in [0, 0.05) is 47.4 Å².